The lowest BCUT2D eigenvalue weighted by Crippen LogP contribution is -2.12. The number of benzene rings is 2. The second-order valence-corrected chi connectivity index (χ2v) is 5.78. The fraction of sp³-hybridized carbons (Fsp3) is 0.176. The van der Waals surface area contributed by atoms with Crippen LogP contribution in [-0.4, -0.2) is 16.3 Å². The maximum absolute atomic E-state index is 10.8. The first-order valence-electron chi connectivity index (χ1n) is 6.60. The van der Waals surface area contributed by atoms with Crippen LogP contribution in [0.3, 0.4) is 0 Å². The highest BCUT2D eigenvalue weighted by atomic mass is 32.2. The van der Waals surface area contributed by atoms with Crippen LogP contribution in [0.1, 0.15) is 12.0 Å². The number of rotatable bonds is 6. The number of carboxylic acid groups (broad SMARTS) is 1. The van der Waals surface area contributed by atoms with E-state index in [-0.39, 0.29) is 11.7 Å². The van der Waals surface area contributed by atoms with E-state index >= 15 is 0 Å². The van der Waals surface area contributed by atoms with Crippen molar-refractivity contribution in [2.24, 2.45) is 0 Å². The van der Waals surface area contributed by atoms with Gasteiger partial charge in [-0.2, -0.15) is 5.26 Å². The number of carbonyl (C=O) groups is 1. The summed E-state index contributed by atoms with van der Waals surface area (Å²) < 4.78 is 0. The van der Waals surface area contributed by atoms with Crippen molar-refractivity contribution in [2.45, 2.75) is 18.1 Å². The van der Waals surface area contributed by atoms with Crippen molar-refractivity contribution in [3.63, 3.8) is 0 Å². The molecule has 0 saturated carbocycles. The van der Waals surface area contributed by atoms with Crippen molar-refractivity contribution in [1.82, 2.24) is 0 Å². The van der Waals surface area contributed by atoms with E-state index in [2.05, 4.69) is 0 Å². The van der Waals surface area contributed by atoms with Crippen molar-refractivity contribution < 1.29 is 9.90 Å². The van der Waals surface area contributed by atoms with E-state index in [1.165, 1.54) is 0 Å². The van der Waals surface area contributed by atoms with Crippen LogP contribution in [0, 0.1) is 10.7 Å². The quantitative estimate of drug-likeness (QED) is 0.820. The van der Waals surface area contributed by atoms with Gasteiger partial charge in [-0.1, -0.05) is 54.6 Å². The summed E-state index contributed by atoms with van der Waals surface area (Å²) in [4.78, 5) is 10.8. The third kappa shape index (κ3) is 4.66. The van der Waals surface area contributed by atoms with Gasteiger partial charge >= 0.3 is 5.97 Å². The number of aliphatic carboxylic acids is 1. The van der Waals surface area contributed by atoms with Crippen molar-refractivity contribution >= 4 is 17.7 Å². The standard InChI is InChI=1S/C17H15NO2S/c18-12-21-16(11-17(19)20)10-13-6-8-15(9-7-13)14-4-2-1-3-5-14/h1-9,16H,10-11H2,(H,19,20). The van der Waals surface area contributed by atoms with Gasteiger partial charge in [0.05, 0.1) is 6.42 Å². The summed E-state index contributed by atoms with van der Waals surface area (Å²) >= 11 is 1.02. The van der Waals surface area contributed by atoms with Crippen molar-refractivity contribution in [1.29, 1.82) is 5.26 Å². The van der Waals surface area contributed by atoms with Crippen molar-refractivity contribution in [3.05, 3.63) is 60.2 Å². The Morgan fingerprint density at radius 2 is 1.71 bits per heavy atom. The Bertz CT molecular complexity index is 632. The summed E-state index contributed by atoms with van der Waals surface area (Å²) in [6, 6.07) is 18.1. The molecule has 0 aliphatic rings. The Hall–Kier alpha value is -2.25. The van der Waals surface area contributed by atoms with E-state index in [4.69, 9.17) is 10.4 Å². The van der Waals surface area contributed by atoms with Gasteiger partial charge in [0.15, 0.2) is 0 Å². The van der Waals surface area contributed by atoms with Gasteiger partial charge in [-0.3, -0.25) is 4.79 Å². The van der Waals surface area contributed by atoms with Crippen LogP contribution < -0.4 is 0 Å². The Labute approximate surface area is 128 Å². The Balaban J connectivity index is 2.08. The van der Waals surface area contributed by atoms with Crippen LogP contribution in [0.2, 0.25) is 0 Å². The van der Waals surface area contributed by atoms with Gasteiger partial charge in [0.25, 0.3) is 0 Å². The van der Waals surface area contributed by atoms with Gasteiger partial charge < -0.3 is 5.11 Å². The van der Waals surface area contributed by atoms with Gasteiger partial charge in [-0.15, -0.1) is 0 Å². The Morgan fingerprint density at radius 3 is 2.29 bits per heavy atom. The normalized spacial score (nSPS) is 11.6. The Morgan fingerprint density at radius 1 is 1.10 bits per heavy atom. The minimum absolute atomic E-state index is 0.00133. The lowest BCUT2D eigenvalue weighted by atomic mass is 10.0. The predicted molar refractivity (Wildman–Crippen MR) is 84.8 cm³/mol. The lowest BCUT2D eigenvalue weighted by Gasteiger charge is -2.11. The van der Waals surface area contributed by atoms with E-state index in [0.717, 1.165) is 28.5 Å². The third-order valence-electron chi connectivity index (χ3n) is 3.15. The molecule has 0 radical (unpaired) electrons. The van der Waals surface area contributed by atoms with Gasteiger partial charge in [0, 0.05) is 5.25 Å². The molecule has 1 N–H and O–H groups in total. The fourth-order valence-corrected chi connectivity index (χ4v) is 2.80. The van der Waals surface area contributed by atoms with Gasteiger partial charge in [-0.05, 0) is 34.9 Å². The number of carboxylic acids is 1. The highest BCUT2D eigenvalue weighted by molar-refractivity contribution is 8.04. The molecule has 3 nitrogen and oxygen atoms in total. The molecule has 0 saturated heterocycles. The molecule has 2 rings (SSSR count). The maximum atomic E-state index is 10.8. The number of thiocyanates is 1. The molecule has 1 unspecified atom stereocenters. The highest BCUT2D eigenvalue weighted by Gasteiger charge is 2.14. The van der Waals surface area contributed by atoms with Gasteiger partial charge in [-0.25, -0.2) is 0 Å². The molecule has 0 bridgehead atoms. The van der Waals surface area contributed by atoms with Crippen LogP contribution >= 0.6 is 11.8 Å². The molecule has 1 atom stereocenters. The first-order chi connectivity index (χ1) is 10.2. The molecule has 21 heavy (non-hydrogen) atoms. The molecule has 0 fully saturated rings. The molecule has 0 aromatic heterocycles. The molecular formula is C17H15NO2S. The van der Waals surface area contributed by atoms with Crippen LogP contribution in [0.15, 0.2) is 54.6 Å². The molecule has 2 aromatic carbocycles. The summed E-state index contributed by atoms with van der Waals surface area (Å²) in [5, 5.41) is 19.4. The summed E-state index contributed by atoms with van der Waals surface area (Å²) in [6.07, 6.45) is 0.582. The monoisotopic (exact) mass is 297 g/mol. The summed E-state index contributed by atoms with van der Waals surface area (Å²) in [6.45, 7) is 0. The van der Waals surface area contributed by atoms with Crippen molar-refractivity contribution in [2.75, 3.05) is 0 Å². The molecule has 106 valence electrons. The van der Waals surface area contributed by atoms with Crippen LogP contribution in [0.5, 0.6) is 0 Å². The summed E-state index contributed by atoms with van der Waals surface area (Å²) in [5.74, 6) is -0.872. The zero-order valence-electron chi connectivity index (χ0n) is 11.4. The first kappa shape index (κ1) is 15.1. The van der Waals surface area contributed by atoms with E-state index < -0.39 is 5.97 Å². The number of hydrogen-bond acceptors (Lipinski definition) is 3. The fourth-order valence-electron chi connectivity index (χ4n) is 2.15. The molecule has 0 aliphatic heterocycles. The summed E-state index contributed by atoms with van der Waals surface area (Å²) in [5.41, 5.74) is 3.32. The zero-order valence-corrected chi connectivity index (χ0v) is 12.2. The number of nitrogens with zero attached hydrogens (tertiary/aromatic N) is 1. The van der Waals surface area contributed by atoms with E-state index in [0.29, 0.717) is 6.42 Å². The second-order valence-electron chi connectivity index (χ2n) is 4.70. The minimum atomic E-state index is -0.872. The molecule has 0 spiro atoms. The van der Waals surface area contributed by atoms with E-state index in [1.807, 2.05) is 60.0 Å². The lowest BCUT2D eigenvalue weighted by molar-refractivity contribution is -0.136. The number of nitriles is 1. The molecule has 0 amide bonds. The minimum Gasteiger partial charge on any atom is -0.481 e. The topological polar surface area (TPSA) is 61.1 Å². The Kier molecular flexibility index (Phi) is 5.42. The molecule has 0 heterocycles. The maximum Gasteiger partial charge on any atom is 0.304 e. The van der Waals surface area contributed by atoms with Crippen LogP contribution in [-0.2, 0) is 11.2 Å². The zero-order chi connectivity index (χ0) is 15.1. The molecule has 0 aliphatic carbocycles. The number of thioether (sulfide) groups is 1. The third-order valence-corrected chi connectivity index (χ3v) is 3.92. The van der Waals surface area contributed by atoms with Crippen LogP contribution in [0.4, 0.5) is 0 Å². The number of hydrogen-bond donors (Lipinski definition) is 1. The van der Waals surface area contributed by atoms with E-state index in [1.54, 1.807) is 0 Å². The average molecular weight is 297 g/mol. The summed E-state index contributed by atoms with van der Waals surface area (Å²) in [7, 11) is 0. The van der Waals surface area contributed by atoms with Crippen LogP contribution in [0.25, 0.3) is 11.1 Å². The smallest absolute Gasteiger partial charge is 0.304 e. The molecular weight excluding hydrogens is 282 g/mol. The highest BCUT2D eigenvalue weighted by Crippen LogP contribution is 2.22. The van der Waals surface area contributed by atoms with Gasteiger partial charge in [0.2, 0.25) is 0 Å². The van der Waals surface area contributed by atoms with Crippen molar-refractivity contribution in [3.8, 4) is 16.5 Å². The second kappa shape index (κ2) is 7.51. The largest absolute Gasteiger partial charge is 0.481 e. The molecule has 2 aromatic rings. The molecule has 4 heteroatoms. The van der Waals surface area contributed by atoms with E-state index in [9.17, 15) is 4.79 Å². The van der Waals surface area contributed by atoms with Gasteiger partial charge in [0.1, 0.15) is 5.40 Å². The average Bonchev–Trinajstić information content (AvgIpc) is 2.48. The predicted octanol–water partition coefficient (Wildman–Crippen LogP) is 3.95. The first-order valence-corrected chi connectivity index (χ1v) is 7.48. The SMILES string of the molecule is N#CSC(CC(=O)O)Cc1ccc(-c2ccccc2)cc1.